The van der Waals surface area contributed by atoms with Crippen molar-refractivity contribution < 1.29 is 17.9 Å². The van der Waals surface area contributed by atoms with Crippen LogP contribution in [0.4, 0.5) is 0 Å². The first-order valence-electron chi connectivity index (χ1n) is 9.47. The fraction of sp³-hybridized carbons (Fsp3) is 0.632. The van der Waals surface area contributed by atoms with Gasteiger partial charge in [-0.15, -0.1) is 12.4 Å². The molecule has 0 bridgehead atoms. The van der Waals surface area contributed by atoms with E-state index in [0.29, 0.717) is 25.9 Å². The van der Waals surface area contributed by atoms with Gasteiger partial charge in [-0.3, -0.25) is 4.79 Å². The topological polar surface area (TPSA) is 87.7 Å². The summed E-state index contributed by atoms with van der Waals surface area (Å²) in [5, 5.41) is 6.24. The normalized spacial score (nSPS) is 17.6. The molecular weight excluding hydrogens is 402 g/mol. The monoisotopic (exact) mass is 433 g/mol. The minimum absolute atomic E-state index is 0. The third-order valence-electron chi connectivity index (χ3n) is 5.29. The molecule has 0 spiro atoms. The molecule has 1 heterocycles. The van der Waals surface area contributed by atoms with Crippen molar-refractivity contribution in [1.82, 2.24) is 14.9 Å². The molecule has 2 rings (SSSR count). The molecule has 1 aliphatic heterocycles. The molecule has 9 heteroatoms. The van der Waals surface area contributed by atoms with Crippen molar-refractivity contribution in [2.24, 2.45) is 0 Å². The van der Waals surface area contributed by atoms with Gasteiger partial charge in [0.1, 0.15) is 5.60 Å². The van der Waals surface area contributed by atoms with Crippen molar-refractivity contribution in [3.63, 3.8) is 0 Å². The number of nitrogens with zero attached hydrogens (tertiary/aromatic N) is 1. The number of halogens is 1. The Morgan fingerprint density at radius 3 is 2.21 bits per heavy atom. The average Bonchev–Trinajstić information content (AvgIpc) is 2.69. The van der Waals surface area contributed by atoms with E-state index in [-0.39, 0.29) is 29.3 Å². The third kappa shape index (κ3) is 5.24. The number of nitrogens with one attached hydrogen (secondary N) is 2. The summed E-state index contributed by atoms with van der Waals surface area (Å²) in [6.45, 7) is 7.87. The molecule has 0 aromatic heterocycles. The van der Waals surface area contributed by atoms with Gasteiger partial charge in [0.05, 0.1) is 10.9 Å². The van der Waals surface area contributed by atoms with Crippen LogP contribution in [-0.4, -0.2) is 57.5 Å². The summed E-state index contributed by atoms with van der Waals surface area (Å²) in [4.78, 5) is 13.0. The van der Waals surface area contributed by atoms with Gasteiger partial charge in [0.25, 0.3) is 5.91 Å². The Labute approximate surface area is 174 Å². The zero-order valence-electron chi connectivity index (χ0n) is 17.0. The molecule has 0 saturated carbocycles. The Hall–Kier alpha value is -1.19. The maximum atomic E-state index is 12.8. The maximum Gasteiger partial charge on any atom is 0.252 e. The Morgan fingerprint density at radius 2 is 1.75 bits per heavy atom. The number of amides is 1. The zero-order chi connectivity index (χ0) is 20.1. The van der Waals surface area contributed by atoms with Gasteiger partial charge in [-0.25, -0.2) is 8.42 Å². The highest BCUT2D eigenvalue weighted by molar-refractivity contribution is 7.89. The minimum atomic E-state index is -3.48. The molecule has 1 aromatic carbocycles. The van der Waals surface area contributed by atoms with Crippen LogP contribution in [-0.2, 0) is 19.6 Å². The first-order valence-corrected chi connectivity index (χ1v) is 10.9. The van der Waals surface area contributed by atoms with Crippen LogP contribution in [0, 0.1) is 0 Å². The summed E-state index contributed by atoms with van der Waals surface area (Å²) in [6.07, 6.45) is 1.26. The highest BCUT2D eigenvalue weighted by Crippen LogP contribution is 2.25. The van der Waals surface area contributed by atoms with Crippen LogP contribution in [0.25, 0.3) is 0 Å². The molecule has 1 fully saturated rings. The van der Waals surface area contributed by atoms with E-state index < -0.39 is 15.6 Å². The summed E-state index contributed by atoms with van der Waals surface area (Å²) in [5.41, 5.74) is 0.0490. The molecule has 1 saturated heterocycles. The fourth-order valence-electron chi connectivity index (χ4n) is 3.41. The average molecular weight is 434 g/mol. The van der Waals surface area contributed by atoms with Gasteiger partial charge in [-0.1, -0.05) is 26.0 Å². The highest BCUT2D eigenvalue weighted by Gasteiger charge is 2.40. The van der Waals surface area contributed by atoms with E-state index in [0.717, 1.165) is 18.7 Å². The molecule has 2 N–H and O–H groups in total. The van der Waals surface area contributed by atoms with E-state index in [1.807, 2.05) is 20.8 Å². The van der Waals surface area contributed by atoms with Gasteiger partial charge in [0, 0.05) is 20.2 Å². The van der Waals surface area contributed by atoms with Crippen LogP contribution in [0.2, 0.25) is 0 Å². The number of sulfonamides is 1. The number of carbonyl (C=O) groups is 1. The van der Waals surface area contributed by atoms with Crippen molar-refractivity contribution in [3.05, 3.63) is 29.8 Å². The second-order valence-electron chi connectivity index (χ2n) is 6.80. The lowest BCUT2D eigenvalue weighted by Crippen LogP contribution is -2.54. The van der Waals surface area contributed by atoms with Gasteiger partial charge in [-0.05, 0) is 50.6 Å². The number of carbonyl (C=O) groups excluding carboxylic acids is 1. The molecular formula is C19H32ClN3O4S. The first-order chi connectivity index (χ1) is 12.8. The van der Waals surface area contributed by atoms with E-state index in [1.54, 1.807) is 31.4 Å². The first kappa shape index (κ1) is 24.8. The maximum absolute atomic E-state index is 12.8. The molecule has 0 aliphatic carbocycles. The largest absolute Gasteiger partial charge is 0.368 e. The summed E-state index contributed by atoms with van der Waals surface area (Å²) in [7, 11) is -1.91. The van der Waals surface area contributed by atoms with Crippen molar-refractivity contribution in [2.45, 2.75) is 50.2 Å². The minimum Gasteiger partial charge on any atom is -0.368 e. The van der Waals surface area contributed by atoms with Gasteiger partial charge in [0.2, 0.25) is 10.0 Å². The predicted octanol–water partition coefficient (Wildman–Crippen LogP) is 2.08. The Kier molecular flexibility index (Phi) is 9.36. The molecule has 1 amide bonds. The van der Waals surface area contributed by atoms with Gasteiger partial charge < -0.3 is 15.4 Å². The summed E-state index contributed by atoms with van der Waals surface area (Å²) in [6, 6.07) is 6.46. The lowest BCUT2D eigenvalue weighted by molar-refractivity contribution is -0.147. The van der Waals surface area contributed by atoms with Crippen molar-refractivity contribution in [2.75, 3.05) is 33.3 Å². The van der Waals surface area contributed by atoms with E-state index >= 15 is 0 Å². The summed E-state index contributed by atoms with van der Waals surface area (Å²) < 4.78 is 32.1. The molecule has 0 radical (unpaired) electrons. The van der Waals surface area contributed by atoms with E-state index in [9.17, 15) is 13.2 Å². The van der Waals surface area contributed by atoms with Gasteiger partial charge in [0.15, 0.2) is 0 Å². The van der Waals surface area contributed by atoms with E-state index in [2.05, 4.69) is 10.6 Å². The number of piperidine rings is 1. The number of hydrogen-bond donors (Lipinski definition) is 2. The van der Waals surface area contributed by atoms with Crippen LogP contribution in [0.1, 0.15) is 45.2 Å². The van der Waals surface area contributed by atoms with Crippen molar-refractivity contribution >= 4 is 28.3 Å². The Morgan fingerprint density at radius 1 is 1.21 bits per heavy atom. The summed E-state index contributed by atoms with van der Waals surface area (Å²) >= 11 is 0. The number of benzene rings is 1. The molecule has 1 aromatic rings. The molecule has 160 valence electrons. The smallest absolute Gasteiger partial charge is 0.252 e. The highest BCUT2D eigenvalue weighted by atomic mass is 35.5. The number of methoxy groups -OCH3 is 1. The van der Waals surface area contributed by atoms with Crippen LogP contribution < -0.4 is 10.6 Å². The Balaban J connectivity index is 0.00000392. The SMILES string of the molecule is CCN(CC)S(=O)(=O)c1ccc(C(C)NC(=O)C2(OC)CCNCC2)cc1.Cl. The second kappa shape index (κ2) is 10.5. The van der Waals surface area contributed by atoms with Crippen LogP contribution in [0.3, 0.4) is 0 Å². The molecule has 1 aliphatic rings. The molecule has 28 heavy (non-hydrogen) atoms. The van der Waals surface area contributed by atoms with Crippen LogP contribution in [0.5, 0.6) is 0 Å². The van der Waals surface area contributed by atoms with Gasteiger partial charge in [-0.2, -0.15) is 4.31 Å². The Bertz CT molecular complexity index is 730. The number of rotatable bonds is 8. The van der Waals surface area contributed by atoms with Crippen LogP contribution >= 0.6 is 12.4 Å². The standard InChI is InChI=1S/C19H31N3O4S.ClH/c1-5-22(6-2)27(24,25)17-9-7-16(8-10-17)15(3)21-18(23)19(26-4)11-13-20-14-12-19;/h7-10,15,20H,5-6,11-14H2,1-4H3,(H,21,23);1H. The lowest BCUT2D eigenvalue weighted by Gasteiger charge is -2.35. The molecule has 1 unspecified atom stereocenters. The van der Waals surface area contributed by atoms with E-state index in [1.165, 1.54) is 4.31 Å². The van der Waals surface area contributed by atoms with Crippen molar-refractivity contribution in [3.8, 4) is 0 Å². The van der Waals surface area contributed by atoms with Crippen LogP contribution in [0.15, 0.2) is 29.2 Å². The van der Waals surface area contributed by atoms with Crippen molar-refractivity contribution in [1.29, 1.82) is 0 Å². The van der Waals surface area contributed by atoms with Gasteiger partial charge >= 0.3 is 0 Å². The molecule has 7 nitrogen and oxygen atoms in total. The fourth-order valence-corrected chi connectivity index (χ4v) is 4.87. The number of hydrogen-bond acceptors (Lipinski definition) is 5. The summed E-state index contributed by atoms with van der Waals surface area (Å²) in [5.74, 6) is -0.126. The number of ether oxygens (including phenoxy) is 1. The quantitative estimate of drug-likeness (QED) is 0.655. The molecule has 1 atom stereocenters. The third-order valence-corrected chi connectivity index (χ3v) is 7.35. The second-order valence-corrected chi connectivity index (χ2v) is 8.74. The lowest BCUT2D eigenvalue weighted by atomic mass is 9.90. The zero-order valence-corrected chi connectivity index (χ0v) is 18.7. The predicted molar refractivity (Wildman–Crippen MR) is 112 cm³/mol. The van der Waals surface area contributed by atoms with E-state index in [4.69, 9.17) is 4.74 Å².